The van der Waals surface area contributed by atoms with Crippen LogP contribution in [0.4, 0.5) is 11.4 Å². The molecule has 0 atom stereocenters. The molecule has 0 unspecified atom stereocenters. The number of nitrogens with one attached hydrogen (secondary N) is 2. The number of carbonyl (C=O) groups excluding carboxylic acids is 1. The maximum absolute atomic E-state index is 12.4. The van der Waals surface area contributed by atoms with Crippen LogP contribution in [0.3, 0.4) is 0 Å². The molecule has 0 saturated heterocycles. The maximum Gasteiger partial charge on any atom is 0.257 e. The van der Waals surface area contributed by atoms with Crippen LogP contribution < -0.4 is 10.0 Å². The number of benzene rings is 1. The van der Waals surface area contributed by atoms with Gasteiger partial charge in [0.05, 0.1) is 17.0 Å². The average molecular weight is 385 g/mol. The van der Waals surface area contributed by atoms with Crippen LogP contribution in [0.15, 0.2) is 55.0 Å². The van der Waals surface area contributed by atoms with Crippen molar-refractivity contribution >= 4 is 27.3 Å². The van der Waals surface area contributed by atoms with E-state index < -0.39 is 10.0 Å². The van der Waals surface area contributed by atoms with Crippen molar-refractivity contribution < 1.29 is 13.2 Å². The van der Waals surface area contributed by atoms with Gasteiger partial charge in [-0.1, -0.05) is 0 Å². The lowest BCUT2D eigenvalue weighted by Crippen LogP contribution is -2.16. The summed E-state index contributed by atoms with van der Waals surface area (Å²) in [6, 6.07) is 10.1. The second-order valence-electron chi connectivity index (χ2n) is 5.85. The summed E-state index contributed by atoms with van der Waals surface area (Å²) in [5.41, 5.74) is 2.16. The van der Waals surface area contributed by atoms with Crippen LogP contribution in [0, 0.1) is 6.92 Å². The van der Waals surface area contributed by atoms with Gasteiger partial charge < -0.3 is 5.32 Å². The molecule has 0 fully saturated rings. The average Bonchev–Trinajstić information content (AvgIpc) is 3.19. The fourth-order valence-electron chi connectivity index (χ4n) is 2.36. The lowest BCUT2D eigenvalue weighted by Gasteiger charge is -2.12. The minimum absolute atomic E-state index is 0.00749. The zero-order valence-electron chi connectivity index (χ0n) is 14.9. The zero-order chi connectivity index (χ0) is 19.4. The first kappa shape index (κ1) is 18.6. The second kappa shape index (κ2) is 7.58. The molecule has 0 aliphatic heterocycles. The number of nitrogens with zero attached hydrogens (tertiary/aromatic N) is 3. The normalized spacial score (nSPS) is 11.2. The summed E-state index contributed by atoms with van der Waals surface area (Å²) in [6.45, 7) is 3.33. The maximum atomic E-state index is 12.4. The van der Waals surface area contributed by atoms with Crippen molar-refractivity contribution in [3.05, 3.63) is 66.1 Å². The number of aryl methyl sites for hydroxylation is 1. The summed E-state index contributed by atoms with van der Waals surface area (Å²) in [5, 5.41) is 6.86. The highest BCUT2D eigenvalue weighted by atomic mass is 32.2. The van der Waals surface area contributed by atoms with Gasteiger partial charge in [0.1, 0.15) is 0 Å². The number of aromatic nitrogens is 3. The number of carbonyl (C=O) groups is 1. The fourth-order valence-corrected chi connectivity index (χ4v) is 3.07. The third-order valence-corrected chi connectivity index (χ3v) is 5.17. The molecule has 2 aromatic heterocycles. The van der Waals surface area contributed by atoms with Gasteiger partial charge >= 0.3 is 0 Å². The minimum Gasteiger partial charge on any atom is -0.322 e. The van der Waals surface area contributed by atoms with Crippen LogP contribution in [0.5, 0.6) is 0 Å². The Morgan fingerprint density at radius 2 is 2.04 bits per heavy atom. The van der Waals surface area contributed by atoms with Gasteiger partial charge in [0, 0.05) is 24.3 Å². The van der Waals surface area contributed by atoms with Crippen LogP contribution in [-0.2, 0) is 10.0 Å². The number of amides is 1. The molecule has 0 spiro atoms. The van der Waals surface area contributed by atoms with Gasteiger partial charge in [0.2, 0.25) is 10.0 Å². The predicted molar refractivity (Wildman–Crippen MR) is 104 cm³/mol. The summed E-state index contributed by atoms with van der Waals surface area (Å²) >= 11 is 0. The van der Waals surface area contributed by atoms with Gasteiger partial charge in [-0.2, -0.15) is 5.10 Å². The van der Waals surface area contributed by atoms with Gasteiger partial charge in [0.15, 0.2) is 5.82 Å². The number of hydrogen-bond acceptors (Lipinski definition) is 5. The Morgan fingerprint density at radius 3 is 2.63 bits per heavy atom. The van der Waals surface area contributed by atoms with E-state index in [-0.39, 0.29) is 11.7 Å². The summed E-state index contributed by atoms with van der Waals surface area (Å²) in [5.74, 6) is 0.294. The zero-order valence-corrected chi connectivity index (χ0v) is 15.7. The molecule has 3 aromatic rings. The largest absolute Gasteiger partial charge is 0.322 e. The van der Waals surface area contributed by atoms with E-state index in [0.717, 1.165) is 0 Å². The minimum atomic E-state index is -3.35. The summed E-state index contributed by atoms with van der Waals surface area (Å²) in [6.07, 6.45) is 4.89. The Bertz CT molecular complexity index is 1050. The van der Waals surface area contributed by atoms with E-state index in [4.69, 9.17) is 0 Å². The highest BCUT2D eigenvalue weighted by Gasteiger charge is 2.11. The molecular formula is C18H19N5O3S. The first-order valence-electron chi connectivity index (χ1n) is 8.26. The topological polar surface area (TPSA) is 106 Å². The summed E-state index contributed by atoms with van der Waals surface area (Å²) < 4.78 is 27.5. The van der Waals surface area contributed by atoms with E-state index in [1.165, 1.54) is 6.20 Å². The van der Waals surface area contributed by atoms with Crippen molar-refractivity contribution in [1.29, 1.82) is 0 Å². The molecule has 140 valence electrons. The van der Waals surface area contributed by atoms with E-state index >= 15 is 0 Å². The Hall–Kier alpha value is -3.20. The third kappa shape index (κ3) is 4.50. The number of sulfonamides is 1. The van der Waals surface area contributed by atoms with E-state index in [9.17, 15) is 13.2 Å². The molecule has 0 aliphatic rings. The number of rotatable bonds is 6. The van der Waals surface area contributed by atoms with Crippen molar-refractivity contribution in [1.82, 2.24) is 14.8 Å². The highest BCUT2D eigenvalue weighted by Crippen LogP contribution is 2.21. The van der Waals surface area contributed by atoms with Gasteiger partial charge in [-0.05, 0) is 55.8 Å². The van der Waals surface area contributed by atoms with Crippen LogP contribution in [0.1, 0.15) is 22.8 Å². The van der Waals surface area contributed by atoms with E-state index in [1.54, 1.807) is 67.3 Å². The van der Waals surface area contributed by atoms with Crippen molar-refractivity contribution in [3.63, 3.8) is 0 Å². The molecule has 1 aromatic carbocycles. The highest BCUT2D eigenvalue weighted by molar-refractivity contribution is 7.92. The molecule has 8 nitrogen and oxygen atoms in total. The first-order valence-corrected chi connectivity index (χ1v) is 9.92. The molecule has 0 radical (unpaired) electrons. The second-order valence-corrected chi connectivity index (χ2v) is 7.86. The number of pyridine rings is 1. The summed E-state index contributed by atoms with van der Waals surface area (Å²) in [4.78, 5) is 16.6. The van der Waals surface area contributed by atoms with Gasteiger partial charge in [-0.15, -0.1) is 0 Å². The van der Waals surface area contributed by atoms with Crippen LogP contribution >= 0.6 is 0 Å². The van der Waals surface area contributed by atoms with E-state index in [1.807, 2.05) is 0 Å². The Morgan fingerprint density at radius 1 is 1.22 bits per heavy atom. The van der Waals surface area contributed by atoms with Crippen LogP contribution in [0.25, 0.3) is 5.82 Å². The van der Waals surface area contributed by atoms with Crippen molar-refractivity contribution in [3.8, 4) is 5.82 Å². The van der Waals surface area contributed by atoms with Crippen molar-refractivity contribution in [2.45, 2.75) is 13.8 Å². The van der Waals surface area contributed by atoms with Gasteiger partial charge in [0.25, 0.3) is 5.91 Å². The SMILES string of the molecule is CCS(=O)(=O)Nc1ccc(NC(=O)c2ccc(-n3cccn3)nc2)cc1C. The lowest BCUT2D eigenvalue weighted by atomic mass is 10.1. The van der Waals surface area contributed by atoms with Crippen molar-refractivity contribution in [2.24, 2.45) is 0 Å². The lowest BCUT2D eigenvalue weighted by molar-refractivity contribution is 0.102. The molecule has 0 saturated carbocycles. The van der Waals surface area contributed by atoms with Gasteiger partial charge in [-0.25, -0.2) is 18.1 Å². The molecule has 9 heteroatoms. The molecule has 3 rings (SSSR count). The van der Waals surface area contributed by atoms with Crippen LogP contribution in [0.2, 0.25) is 0 Å². The van der Waals surface area contributed by atoms with Gasteiger partial charge in [-0.3, -0.25) is 9.52 Å². The van der Waals surface area contributed by atoms with Crippen LogP contribution in [-0.4, -0.2) is 34.8 Å². The van der Waals surface area contributed by atoms with E-state index in [0.29, 0.717) is 28.3 Å². The predicted octanol–water partition coefficient (Wildman–Crippen LogP) is 2.59. The van der Waals surface area contributed by atoms with Crippen molar-refractivity contribution in [2.75, 3.05) is 15.8 Å². The smallest absolute Gasteiger partial charge is 0.257 e. The Labute approximate surface area is 157 Å². The standard InChI is InChI=1S/C18H19N5O3S/c1-3-27(25,26)22-16-7-6-15(11-13(16)2)21-18(24)14-5-8-17(19-12-14)23-10-4-9-20-23/h4-12,22H,3H2,1-2H3,(H,21,24). The molecular weight excluding hydrogens is 366 g/mol. The summed E-state index contributed by atoms with van der Waals surface area (Å²) in [7, 11) is -3.35. The quantitative estimate of drug-likeness (QED) is 0.678. The molecule has 0 aliphatic carbocycles. The Balaban J connectivity index is 1.71. The number of hydrogen-bond donors (Lipinski definition) is 2. The molecule has 0 bridgehead atoms. The number of anilines is 2. The fraction of sp³-hybridized carbons (Fsp3) is 0.167. The molecule has 2 heterocycles. The monoisotopic (exact) mass is 385 g/mol. The third-order valence-electron chi connectivity index (χ3n) is 3.88. The molecule has 1 amide bonds. The Kier molecular flexibility index (Phi) is 5.22. The van der Waals surface area contributed by atoms with E-state index in [2.05, 4.69) is 20.1 Å². The molecule has 27 heavy (non-hydrogen) atoms. The first-order chi connectivity index (χ1) is 12.9. The molecule has 2 N–H and O–H groups in total.